The highest BCUT2D eigenvalue weighted by Crippen LogP contribution is 2.35. The molecule has 0 saturated carbocycles. The summed E-state index contributed by atoms with van der Waals surface area (Å²) in [6, 6.07) is 13.4. The third-order valence-electron chi connectivity index (χ3n) is 4.12. The molecule has 0 saturated heterocycles. The number of benzene rings is 2. The number of carbonyl (C=O) groups excluding carboxylic acids is 1. The lowest BCUT2D eigenvalue weighted by atomic mass is 9.98. The minimum Gasteiger partial charge on any atom is -0.487 e. The highest BCUT2D eigenvalue weighted by molar-refractivity contribution is 5.99. The summed E-state index contributed by atoms with van der Waals surface area (Å²) in [7, 11) is 0. The van der Waals surface area contributed by atoms with Crippen LogP contribution in [0, 0.1) is 0 Å². The second-order valence-corrected chi connectivity index (χ2v) is 5.55. The van der Waals surface area contributed by atoms with Crippen LogP contribution in [-0.4, -0.2) is 17.1 Å². The summed E-state index contributed by atoms with van der Waals surface area (Å²) in [4.78, 5) is 11.4. The van der Waals surface area contributed by atoms with Gasteiger partial charge in [-0.05, 0) is 28.8 Å². The molecule has 2 aromatic carbocycles. The van der Waals surface area contributed by atoms with Gasteiger partial charge in [0.2, 0.25) is 5.91 Å². The van der Waals surface area contributed by atoms with E-state index >= 15 is 0 Å². The molecule has 2 heterocycles. The lowest BCUT2D eigenvalue weighted by Gasteiger charge is -2.19. The maximum absolute atomic E-state index is 11.4. The van der Waals surface area contributed by atoms with E-state index in [1.54, 1.807) is 0 Å². The molecule has 4 nitrogen and oxygen atoms in total. The first kappa shape index (κ1) is 12.4. The molecule has 0 aliphatic carbocycles. The van der Waals surface area contributed by atoms with Gasteiger partial charge in [0, 0.05) is 12.1 Å². The van der Waals surface area contributed by atoms with Gasteiger partial charge in [0.05, 0.1) is 6.42 Å². The van der Waals surface area contributed by atoms with Crippen molar-refractivity contribution in [1.82, 2.24) is 0 Å². The molecule has 2 aliphatic rings. The summed E-state index contributed by atoms with van der Waals surface area (Å²) in [6.07, 6.45) is 0.108. The van der Waals surface area contributed by atoms with E-state index < -0.39 is 6.10 Å². The molecule has 2 N–H and O–H groups in total. The van der Waals surface area contributed by atoms with E-state index in [0.717, 1.165) is 28.1 Å². The van der Waals surface area contributed by atoms with E-state index in [-0.39, 0.29) is 12.0 Å². The van der Waals surface area contributed by atoms with Gasteiger partial charge in [0.1, 0.15) is 18.0 Å². The number of hydrogen-bond donors (Lipinski definition) is 2. The van der Waals surface area contributed by atoms with E-state index in [1.165, 1.54) is 0 Å². The largest absolute Gasteiger partial charge is 0.487 e. The quantitative estimate of drug-likeness (QED) is 0.887. The SMILES string of the molecule is O=C1Cc2cc(C(O)C3Cc4ccccc4O3)ccc2N1. The molecule has 106 valence electrons. The topological polar surface area (TPSA) is 58.6 Å². The number of aliphatic hydroxyl groups is 1. The summed E-state index contributed by atoms with van der Waals surface area (Å²) in [5.74, 6) is 0.848. The van der Waals surface area contributed by atoms with Crippen LogP contribution in [0.3, 0.4) is 0 Å². The molecule has 2 aliphatic heterocycles. The van der Waals surface area contributed by atoms with Gasteiger partial charge >= 0.3 is 0 Å². The van der Waals surface area contributed by atoms with Crippen molar-refractivity contribution in [3.05, 3.63) is 59.2 Å². The minimum absolute atomic E-state index is 0.00108. The molecule has 0 spiro atoms. The Morgan fingerprint density at radius 1 is 1.19 bits per heavy atom. The number of para-hydroxylation sites is 1. The molecule has 4 rings (SSSR count). The molecule has 4 heteroatoms. The van der Waals surface area contributed by atoms with Gasteiger partial charge in [-0.2, -0.15) is 0 Å². The van der Waals surface area contributed by atoms with Crippen molar-refractivity contribution in [2.24, 2.45) is 0 Å². The first-order valence-electron chi connectivity index (χ1n) is 7.06. The zero-order chi connectivity index (χ0) is 14.4. The number of fused-ring (bicyclic) bond motifs is 2. The minimum atomic E-state index is -0.696. The average Bonchev–Trinajstić information content (AvgIpc) is 3.07. The summed E-state index contributed by atoms with van der Waals surface area (Å²) in [5, 5.41) is 13.4. The van der Waals surface area contributed by atoms with Gasteiger partial charge in [-0.25, -0.2) is 0 Å². The van der Waals surface area contributed by atoms with Crippen molar-refractivity contribution < 1.29 is 14.6 Å². The van der Waals surface area contributed by atoms with Crippen molar-refractivity contribution in [3.8, 4) is 5.75 Å². The first-order chi connectivity index (χ1) is 10.2. The highest BCUT2D eigenvalue weighted by Gasteiger charge is 2.30. The lowest BCUT2D eigenvalue weighted by molar-refractivity contribution is -0.115. The van der Waals surface area contributed by atoms with Crippen LogP contribution in [-0.2, 0) is 17.6 Å². The Hall–Kier alpha value is -2.33. The molecule has 0 radical (unpaired) electrons. The normalized spacial score (nSPS) is 20.4. The van der Waals surface area contributed by atoms with Crippen molar-refractivity contribution in [3.63, 3.8) is 0 Å². The van der Waals surface area contributed by atoms with Crippen LogP contribution in [0.2, 0.25) is 0 Å². The Labute approximate surface area is 122 Å². The summed E-state index contributed by atoms with van der Waals surface area (Å²) in [6.45, 7) is 0. The molecule has 1 amide bonds. The fourth-order valence-electron chi connectivity index (χ4n) is 3.03. The van der Waals surface area contributed by atoms with Crippen LogP contribution in [0.15, 0.2) is 42.5 Å². The van der Waals surface area contributed by atoms with E-state index in [4.69, 9.17) is 4.74 Å². The number of anilines is 1. The molecule has 21 heavy (non-hydrogen) atoms. The molecule has 0 bridgehead atoms. The summed E-state index contributed by atoms with van der Waals surface area (Å²) < 4.78 is 5.83. The van der Waals surface area contributed by atoms with Crippen molar-refractivity contribution in [1.29, 1.82) is 0 Å². The van der Waals surface area contributed by atoms with Crippen LogP contribution in [0.1, 0.15) is 22.8 Å². The van der Waals surface area contributed by atoms with E-state index in [0.29, 0.717) is 12.8 Å². The second-order valence-electron chi connectivity index (χ2n) is 5.55. The lowest BCUT2D eigenvalue weighted by Crippen LogP contribution is -2.23. The van der Waals surface area contributed by atoms with Crippen LogP contribution >= 0.6 is 0 Å². The Balaban J connectivity index is 1.58. The number of rotatable bonds is 2. The predicted octanol–water partition coefficient (Wildman–Crippen LogP) is 2.22. The van der Waals surface area contributed by atoms with Crippen LogP contribution in [0.25, 0.3) is 0 Å². The number of hydrogen-bond acceptors (Lipinski definition) is 3. The molecule has 2 aromatic rings. The van der Waals surface area contributed by atoms with E-state index in [9.17, 15) is 9.90 Å². The van der Waals surface area contributed by atoms with Gasteiger partial charge in [-0.15, -0.1) is 0 Å². The number of ether oxygens (including phenoxy) is 1. The standard InChI is InChI=1S/C17H15NO3/c19-16-9-12-7-11(5-6-13(12)18-16)17(20)15-8-10-3-1-2-4-14(10)21-15/h1-7,15,17,20H,8-9H2,(H,18,19). The van der Waals surface area contributed by atoms with Crippen molar-refractivity contribution in [2.45, 2.75) is 25.0 Å². The van der Waals surface area contributed by atoms with E-state index in [1.807, 2.05) is 42.5 Å². The predicted molar refractivity (Wildman–Crippen MR) is 78.3 cm³/mol. The second kappa shape index (κ2) is 4.60. The van der Waals surface area contributed by atoms with Gasteiger partial charge in [-0.1, -0.05) is 30.3 Å². The zero-order valence-corrected chi connectivity index (χ0v) is 11.4. The fraction of sp³-hybridized carbons (Fsp3) is 0.235. The molecule has 2 unspecified atom stereocenters. The Morgan fingerprint density at radius 3 is 2.90 bits per heavy atom. The van der Waals surface area contributed by atoms with Gasteiger partial charge in [0.25, 0.3) is 0 Å². The maximum Gasteiger partial charge on any atom is 0.228 e. The monoisotopic (exact) mass is 281 g/mol. The van der Waals surface area contributed by atoms with Crippen molar-refractivity contribution >= 4 is 11.6 Å². The Kier molecular flexibility index (Phi) is 2.72. The molecular formula is C17H15NO3. The van der Waals surface area contributed by atoms with Gasteiger partial charge in [-0.3, -0.25) is 4.79 Å². The number of carbonyl (C=O) groups is 1. The molecule has 2 atom stereocenters. The zero-order valence-electron chi connectivity index (χ0n) is 11.4. The molecule has 0 fully saturated rings. The van der Waals surface area contributed by atoms with Gasteiger partial charge < -0.3 is 15.2 Å². The smallest absolute Gasteiger partial charge is 0.228 e. The maximum atomic E-state index is 11.4. The average molecular weight is 281 g/mol. The molecular weight excluding hydrogens is 266 g/mol. The highest BCUT2D eigenvalue weighted by atomic mass is 16.5. The summed E-state index contributed by atoms with van der Waals surface area (Å²) >= 11 is 0. The third-order valence-corrected chi connectivity index (χ3v) is 4.12. The third kappa shape index (κ3) is 2.08. The fourth-order valence-corrected chi connectivity index (χ4v) is 3.03. The van der Waals surface area contributed by atoms with Crippen LogP contribution in [0.4, 0.5) is 5.69 Å². The van der Waals surface area contributed by atoms with E-state index in [2.05, 4.69) is 5.32 Å². The number of nitrogens with one attached hydrogen (secondary N) is 1. The van der Waals surface area contributed by atoms with Gasteiger partial charge in [0.15, 0.2) is 0 Å². The Morgan fingerprint density at radius 2 is 2.05 bits per heavy atom. The Bertz CT molecular complexity index is 701. The van der Waals surface area contributed by atoms with Crippen LogP contribution < -0.4 is 10.1 Å². The number of amides is 1. The first-order valence-corrected chi connectivity index (χ1v) is 7.06. The summed E-state index contributed by atoms with van der Waals surface area (Å²) in [5.41, 5.74) is 3.70. The molecule has 0 aromatic heterocycles. The number of aliphatic hydroxyl groups excluding tert-OH is 1. The van der Waals surface area contributed by atoms with Crippen LogP contribution in [0.5, 0.6) is 5.75 Å². The van der Waals surface area contributed by atoms with Crippen molar-refractivity contribution in [2.75, 3.05) is 5.32 Å².